The highest BCUT2D eigenvalue weighted by Gasteiger charge is 2.28. The van der Waals surface area contributed by atoms with Crippen LogP contribution < -0.4 is 5.43 Å². The van der Waals surface area contributed by atoms with Crippen LogP contribution in [0.15, 0.2) is 29.1 Å². The van der Waals surface area contributed by atoms with E-state index in [-0.39, 0.29) is 5.43 Å². The maximum atomic E-state index is 12.4. The van der Waals surface area contributed by atoms with Crippen LogP contribution >= 0.6 is 0 Å². The minimum Gasteiger partial charge on any atom is -0.357 e. The summed E-state index contributed by atoms with van der Waals surface area (Å²) in [5.41, 5.74) is 3.26. The van der Waals surface area contributed by atoms with Gasteiger partial charge in [-0.25, -0.2) is 0 Å². The molecule has 0 amide bonds. The first-order chi connectivity index (χ1) is 11.2. The zero-order valence-corrected chi connectivity index (χ0v) is 13.8. The third-order valence-corrected chi connectivity index (χ3v) is 5.32. The molecule has 4 heteroatoms. The Hall–Kier alpha value is -1.65. The third kappa shape index (κ3) is 3.06. The molecule has 4 rings (SSSR count). The Morgan fingerprint density at radius 1 is 1.17 bits per heavy atom. The molecule has 23 heavy (non-hydrogen) atoms. The normalized spacial score (nSPS) is 23.1. The lowest BCUT2D eigenvalue weighted by molar-refractivity contribution is 0.214. The molecule has 1 aromatic carbocycles. The molecule has 0 unspecified atom stereocenters. The van der Waals surface area contributed by atoms with Crippen LogP contribution in [0.4, 0.5) is 0 Å². The molecule has 2 aromatic rings. The van der Waals surface area contributed by atoms with Gasteiger partial charge in [0.25, 0.3) is 0 Å². The van der Waals surface area contributed by atoms with Crippen LogP contribution in [0.2, 0.25) is 0 Å². The van der Waals surface area contributed by atoms with Crippen LogP contribution in [0.3, 0.4) is 0 Å². The van der Waals surface area contributed by atoms with Crippen molar-refractivity contribution in [1.82, 2.24) is 14.8 Å². The molecule has 0 saturated carbocycles. The van der Waals surface area contributed by atoms with E-state index in [2.05, 4.69) is 20.9 Å². The lowest BCUT2D eigenvalue weighted by Gasteiger charge is -2.25. The van der Waals surface area contributed by atoms with Gasteiger partial charge in [-0.2, -0.15) is 0 Å². The fraction of sp³-hybridized carbons (Fsp3) is 0.526. The highest BCUT2D eigenvalue weighted by Crippen LogP contribution is 2.22. The van der Waals surface area contributed by atoms with E-state index in [9.17, 15) is 4.79 Å². The van der Waals surface area contributed by atoms with E-state index < -0.39 is 0 Å². The van der Waals surface area contributed by atoms with Crippen LogP contribution in [-0.2, 0) is 6.54 Å². The maximum absolute atomic E-state index is 12.4. The van der Waals surface area contributed by atoms with E-state index in [1.165, 1.54) is 32.4 Å². The van der Waals surface area contributed by atoms with E-state index >= 15 is 0 Å². The van der Waals surface area contributed by atoms with Gasteiger partial charge in [-0.15, -0.1) is 0 Å². The summed E-state index contributed by atoms with van der Waals surface area (Å²) >= 11 is 0. The Labute approximate surface area is 137 Å². The minimum absolute atomic E-state index is 0.134. The Bertz CT molecular complexity index is 767. The highest BCUT2D eigenvalue weighted by molar-refractivity contribution is 5.79. The number of nitrogens with one attached hydrogen (secondary N) is 1. The molecule has 1 aromatic heterocycles. The summed E-state index contributed by atoms with van der Waals surface area (Å²) in [6, 6.07) is 8.56. The number of hydrogen-bond acceptors (Lipinski definition) is 3. The molecule has 0 radical (unpaired) electrons. The second kappa shape index (κ2) is 6.10. The van der Waals surface area contributed by atoms with Crippen LogP contribution in [0, 0.1) is 6.92 Å². The quantitative estimate of drug-likeness (QED) is 0.926. The van der Waals surface area contributed by atoms with Crippen molar-refractivity contribution >= 4 is 10.9 Å². The Kier molecular flexibility index (Phi) is 3.95. The predicted molar refractivity (Wildman–Crippen MR) is 93.8 cm³/mol. The number of aryl methyl sites for hydroxylation is 1. The number of rotatable bonds is 2. The topological polar surface area (TPSA) is 39.3 Å². The van der Waals surface area contributed by atoms with E-state index in [0.29, 0.717) is 6.04 Å². The molecule has 3 heterocycles. The van der Waals surface area contributed by atoms with Gasteiger partial charge < -0.3 is 4.98 Å². The SMILES string of the molecule is Cc1ccc2[nH]c(CN3CCCN4CCC[C@H]4C3)cc(=O)c2c1. The molecule has 0 spiro atoms. The summed E-state index contributed by atoms with van der Waals surface area (Å²) in [6.07, 6.45) is 3.89. The molecule has 122 valence electrons. The molecule has 1 atom stereocenters. The molecule has 0 aliphatic carbocycles. The lowest BCUT2D eigenvalue weighted by atomic mass is 10.1. The number of benzene rings is 1. The highest BCUT2D eigenvalue weighted by atomic mass is 16.1. The number of aromatic amines is 1. The molecular formula is C19H25N3O. The number of hydrogen-bond donors (Lipinski definition) is 1. The number of H-pyrrole nitrogens is 1. The number of fused-ring (bicyclic) bond motifs is 2. The van der Waals surface area contributed by atoms with Crippen molar-refractivity contribution in [3.05, 3.63) is 45.7 Å². The predicted octanol–water partition coefficient (Wildman–Crippen LogP) is 2.51. The van der Waals surface area contributed by atoms with Crippen LogP contribution in [0.5, 0.6) is 0 Å². The number of pyridine rings is 1. The van der Waals surface area contributed by atoms with Crippen LogP contribution in [0.1, 0.15) is 30.5 Å². The molecule has 2 saturated heterocycles. The molecular weight excluding hydrogens is 286 g/mol. The zero-order chi connectivity index (χ0) is 15.8. The van der Waals surface area contributed by atoms with E-state index in [0.717, 1.165) is 41.8 Å². The largest absolute Gasteiger partial charge is 0.357 e. The minimum atomic E-state index is 0.134. The van der Waals surface area contributed by atoms with Crippen molar-refractivity contribution in [2.24, 2.45) is 0 Å². The summed E-state index contributed by atoms with van der Waals surface area (Å²) in [6.45, 7) is 7.63. The van der Waals surface area contributed by atoms with E-state index in [4.69, 9.17) is 0 Å². The first-order valence-corrected chi connectivity index (χ1v) is 8.78. The Balaban J connectivity index is 1.57. The van der Waals surface area contributed by atoms with Gasteiger partial charge in [0.05, 0.1) is 0 Å². The molecule has 1 N–H and O–H groups in total. The fourth-order valence-corrected chi connectivity index (χ4v) is 4.17. The number of nitrogens with zero attached hydrogens (tertiary/aromatic N) is 2. The first-order valence-electron chi connectivity index (χ1n) is 8.78. The van der Waals surface area contributed by atoms with Gasteiger partial charge in [0.15, 0.2) is 5.43 Å². The van der Waals surface area contributed by atoms with Gasteiger partial charge >= 0.3 is 0 Å². The molecule has 2 aliphatic heterocycles. The van der Waals surface area contributed by atoms with Crippen molar-refractivity contribution in [1.29, 1.82) is 0 Å². The molecule has 0 bridgehead atoms. The van der Waals surface area contributed by atoms with Gasteiger partial charge in [-0.3, -0.25) is 14.6 Å². The maximum Gasteiger partial charge on any atom is 0.189 e. The zero-order valence-electron chi connectivity index (χ0n) is 13.8. The summed E-state index contributed by atoms with van der Waals surface area (Å²) in [5, 5.41) is 0.798. The third-order valence-electron chi connectivity index (χ3n) is 5.32. The molecule has 4 nitrogen and oxygen atoms in total. The monoisotopic (exact) mass is 311 g/mol. The molecule has 2 fully saturated rings. The fourth-order valence-electron chi connectivity index (χ4n) is 4.17. The lowest BCUT2D eigenvalue weighted by Crippen LogP contribution is -2.36. The standard InChI is InChI=1S/C19H25N3O/c1-14-5-6-18-17(10-14)19(23)11-15(20-18)12-21-7-3-9-22-8-2-4-16(22)13-21/h5-6,10-11,16H,2-4,7-9,12-13H2,1H3,(H,20,23)/t16-/m0/s1. The molecule has 2 aliphatic rings. The summed E-state index contributed by atoms with van der Waals surface area (Å²) in [4.78, 5) is 21.0. The van der Waals surface area contributed by atoms with Crippen molar-refractivity contribution < 1.29 is 0 Å². The average Bonchev–Trinajstić information content (AvgIpc) is 2.87. The van der Waals surface area contributed by atoms with Crippen molar-refractivity contribution in [3.63, 3.8) is 0 Å². The van der Waals surface area contributed by atoms with Crippen molar-refractivity contribution in [3.8, 4) is 0 Å². The van der Waals surface area contributed by atoms with Gasteiger partial charge in [0.1, 0.15) is 0 Å². The first kappa shape index (κ1) is 14.9. The van der Waals surface area contributed by atoms with Crippen LogP contribution in [-0.4, -0.2) is 47.0 Å². The smallest absolute Gasteiger partial charge is 0.189 e. The Morgan fingerprint density at radius 3 is 2.96 bits per heavy atom. The summed E-state index contributed by atoms with van der Waals surface area (Å²) < 4.78 is 0. The van der Waals surface area contributed by atoms with Gasteiger partial charge in [0, 0.05) is 41.8 Å². The summed E-state index contributed by atoms with van der Waals surface area (Å²) in [7, 11) is 0. The van der Waals surface area contributed by atoms with Gasteiger partial charge in [0.2, 0.25) is 0 Å². The van der Waals surface area contributed by atoms with Gasteiger partial charge in [-0.1, -0.05) is 11.6 Å². The second-order valence-corrected chi connectivity index (χ2v) is 7.13. The van der Waals surface area contributed by atoms with E-state index in [1.807, 2.05) is 19.1 Å². The second-order valence-electron chi connectivity index (χ2n) is 7.13. The van der Waals surface area contributed by atoms with Crippen molar-refractivity contribution in [2.75, 3.05) is 26.2 Å². The van der Waals surface area contributed by atoms with Crippen molar-refractivity contribution in [2.45, 2.75) is 38.8 Å². The number of aromatic nitrogens is 1. The van der Waals surface area contributed by atoms with E-state index in [1.54, 1.807) is 6.07 Å². The Morgan fingerprint density at radius 2 is 2.04 bits per heavy atom. The van der Waals surface area contributed by atoms with Gasteiger partial charge in [-0.05, 0) is 58.0 Å². The summed E-state index contributed by atoms with van der Waals surface area (Å²) in [5.74, 6) is 0. The average molecular weight is 311 g/mol. The van der Waals surface area contributed by atoms with Crippen LogP contribution in [0.25, 0.3) is 10.9 Å².